The van der Waals surface area contributed by atoms with E-state index in [9.17, 15) is 0 Å². The molecule has 0 N–H and O–H groups in total. The van der Waals surface area contributed by atoms with Crippen molar-refractivity contribution in [2.24, 2.45) is 0 Å². The molecule has 78 valence electrons. The first-order chi connectivity index (χ1) is 6.19. The fraction of sp³-hybridized carbons (Fsp3) is 1.00. The standard InChI is InChI=1S/C10H18Cl2O/c1-2-3-6-9(11)10(12)7-4-5-8-13-10/h9H,2-8H2,1H3. The van der Waals surface area contributed by atoms with Crippen LogP contribution in [0.15, 0.2) is 0 Å². The largest absolute Gasteiger partial charge is 0.358 e. The molecular weight excluding hydrogens is 207 g/mol. The lowest BCUT2D eigenvalue weighted by Gasteiger charge is -2.35. The molecule has 0 aliphatic carbocycles. The summed E-state index contributed by atoms with van der Waals surface area (Å²) in [6.07, 6.45) is 6.40. The molecule has 2 atom stereocenters. The Labute approximate surface area is 90.7 Å². The lowest BCUT2D eigenvalue weighted by Crippen LogP contribution is -2.39. The molecule has 1 heterocycles. The number of halogens is 2. The predicted octanol–water partition coefficient (Wildman–Crippen LogP) is 3.92. The lowest BCUT2D eigenvalue weighted by molar-refractivity contribution is -0.0205. The van der Waals surface area contributed by atoms with Crippen molar-refractivity contribution >= 4 is 23.2 Å². The third-order valence-corrected chi connectivity index (χ3v) is 3.78. The fourth-order valence-electron chi connectivity index (χ4n) is 1.63. The van der Waals surface area contributed by atoms with Gasteiger partial charge >= 0.3 is 0 Å². The number of unbranched alkanes of at least 4 members (excludes halogenated alkanes) is 1. The highest BCUT2D eigenvalue weighted by Gasteiger charge is 2.37. The highest BCUT2D eigenvalue weighted by molar-refractivity contribution is 6.31. The summed E-state index contributed by atoms with van der Waals surface area (Å²) >= 11 is 12.5. The topological polar surface area (TPSA) is 9.23 Å². The van der Waals surface area contributed by atoms with Gasteiger partial charge in [0.05, 0.1) is 5.38 Å². The molecule has 0 bridgehead atoms. The van der Waals surface area contributed by atoms with E-state index >= 15 is 0 Å². The van der Waals surface area contributed by atoms with Crippen molar-refractivity contribution in [3.05, 3.63) is 0 Å². The second-order valence-corrected chi connectivity index (χ2v) is 4.87. The van der Waals surface area contributed by atoms with E-state index in [1.807, 2.05) is 0 Å². The quantitative estimate of drug-likeness (QED) is 0.659. The van der Waals surface area contributed by atoms with Gasteiger partial charge in [0.1, 0.15) is 0 Å². The first-order valence-electron chi connectivity index (χ1n) is 5.16. The van der Waals surface area contributed by atoms with E-state index in [0.717, 1.165) is 45.1 Å². The van der Waals surface area contributed by atoms with E-state index in [4.69, 9.17) is 27.9 Å². The molecule has 1 saturated heterocycles. The second kappa shape index (κ2) is 5.43. The Hall–Kier alpha value is 0.540. The average Bonchev–Trinajstić information content (AvgIpc) is 2.15. The van der Waals surface area contributed by atoms with Crippen LogP contribution in [0.5, 0.6) is 0 Å². The van der Waals surface area contributed by atoms with Crippen LogP contribution in [0.3, 0.4) is 0 Å². The van der Waals surface area contributed by atoms with Crippen molar-refractivity contribution in [2.75, 3.05) is 6.61 Å². The zero-order valence-corrected chi connectivity index (χ0v) is 9.70. The maximum Gasteiger partial charge on any atom is 0.157 e. The van der Waals surface area contributed by atoms with Crippen molar-refractivity contribution in [1.29, 1.82) is 0 Å². The summed E-state index contributed by atoms with van der Waals surface area (Å²) in [5.74, 6) is 0. The maximum absolute atomic E-state index is 6.31. The highest BCUT2D eigenvalue weighted by Crippen LogP contribution is 2.37. The molecule has 1 aliphatic rings. The zero-order chi connectivity index (χ0) is 9.73. The van der Waals surface area contributed by atoms with Gasteiger partial charge in [-0.15, -0.1) is 11.6 Å². The molecule has 0 aromatic carbocycles. The third kappa shape index (κ3) is 3.30. The van der Waals surface area contributed by atoms with Gasteiger partial charge in [-0.3, -0.25) is 0 Å². The van der Waals surface area contributed by atoms with E-state index in [1.165, 1.54) is 0 Å². The predicted molar refractivity (Wildman–Crippen MR) is 57.6 cm³/mol. The van der Waals surface area contributed by atoms with Crippen molar-refractivity contribution in [3.8, 4) is 0 Å². The second-order valence-electron chi connectivity index (χ2n) is 3.70. The Balaban J connectivity index is 2.37. The van der Waals surface area contributed by atoms with Gasteiger partial charge in [-0.25, -0.2) is 0 Å². The van der Waals surface area contributed by atoms with Gasteiger partial charge in [0, 0.05) is 6.61 Å². The smallest absolute Gasteiger partial charge is 0.157 e. The molecule has 0 aromatic heterocycles. The fourth-order valence-corrected chi connectivity index (χ4v) is 2.27. The lowest BCUT2D eigenvalue weighted by atomic mass is 10.0. The molecule has 0 spiro atoms. The van der Waals surface area contributed by atoms with Crippen LogP contribution in [0.2, 0.25) is 0 Å². The molecular formula is C10H18Cl2O. The molecule has 1 fully saturated rings. The first-order valence-corrected chi connectivity index (χ1v) is 5.97. The summed E-state index contributed by atoms with van der Waals surface area (Å²) in [4.78, 5) is 0. The minimum atomic E-state index is -0.574. The van der Waals surface area contributed by atoms with Crippen molar-refractivity contribution in [3.63, 3.8) is 0 Å². The Morgan fingerprint density at radius 1 is 1.46 bits per heavy atom. The van der Waals surface area contributed by atoms with Crippen LogP contribution in [0.25, 0.3) is 0 Å². The first kappa shape index (κ1) is 11.6. The summed E-state index contributed by atoms with van der Waals surface area (Å²) in [6.45, 7) is 2.92. The van der Waals surface area contributed by atoms with Crippen molar-refractivity contribution in [1.82, 2.24) is 0 Å². The number of rotatable bonds is 4. The number of hydrogen-bond acceptors (Lipinski definition) is 1. The Morgan fingerprint density at radius 3 is 2.77 bits per heavy atom. The Kier molecular flexibility index (Phi) is 4.85. The van der Waals surface area contributed by atoms with E-state index in [1.54, 1.807) is 0 Å². The van der Waals surface area contributed by atoms with Gasteiger partial charge < -0.3 is 4.74 Å². The zero-order valence-electron chi connectivity index (χ0n) is 8.19. The third-order valence-electron chi connectivity index (χ3n) is 2.53. The minimum Gasteiger partial charge on any atom is -0.358 e. The molecule has 0 aromatic rings. The molecule has 3 heteroatoms. The van der Waals surface area contributed by atoms with Gasteiger partial charge in [-0.1, -0.05) is 31.4 Å². The molecule has 13 heavy (non-hydrogen) atoms. The van der Waals surface area contributed by atoms with Crippen LogP contribution >= 0.6 is 23.2 Å². The maximum atomic E-state index is 6.31. The summed E-state index contributed by atoms with van der Waals surface area (Å²) in [7, 11) is 0. The molecule has 0 amide bonds. The number of ether oxygens (including phenoxy) is 1. The average molecular weight is 225 g/mol. The Bertz CT molecular complexity index is 144. The highest BCUT2D eigenvalue weighted by atomic mass is 35.5. The summed E-state index contributed by atoms with van der Waals surface area (Å²) in [5, 5.41) is -0.607. The molecule has 0 radical (unpaired) electrons. The number of hydrogen-bond donors (Lipinski definition) is 0. The van der Waals surface area contributed by atoms with E-state index in [2.05, 4.69) is 6.92 Å². The van der Waals surface area contributed by atoms with Gasteiger partial charge in [0.25, 0.3) is 0 Å². The normalized spacial score (nSPS) is 31.6. The van der Waals surface area contributed by atoms with Gasteiger partial charge in [-0.05, 0) is 25.7 Å². The van der Waals surface area contributed by atoms with Crippen molar-refractivity contribution < 1.29 is 4.74 Å². The van der Waals surface area contributed by atoms with E-state index < -0.39 is 5.06 Å². The van der Waals surface area contributed by atoms with Crippen molar-refractivity contribution in [2.45, 2.75) is 55.9 Å². The van der Waals surface area contributed by atoms with Crippen LogP contribution in [-0.4, -0.2) is 17.0 Å². The summed E-state index contributed by atoms with van der Waals surface area (Å²) < 4.78 is 5.56. The minimum absolute atomic E-state index is 0.0329. The SMILES string of the molecule is CCCCC(Cl)C1(Cl)CCCCO1. The monoisotopic (exact) mass is 224 g/mol. The summed E-state index contributed by atoms with van der Waals surface area (Å²) in [5.41, 5.74) is 0. The van der Waals surface area contributed by atoms with E-state index in [-0.39, 0.29) is 5.38 Å². The Morgan fingerprint density at radius 2 is 2.23 bits per heavy atom. The molecule has 0 saturated carbocycles. The molecule has 1 rings (SSSR count). The summed E-state index contributed by atoms with van der Waals surface area (Å²) in [6, 6.07) is 0. The van der Waals surface area contributed by atoms with Gasteiger partial charge in [0.2, 0.25) is 0 Å². The molecule has 1 aliphatic heterocycles. The molecule has 1 nitrogen and oxygen atoms in total. The van der Waals surface area contributed by atoms with Gasteiger partial charge in [-0.2, -0.15) is 0 Å². The number of alkyl halides is 2. The van der Waals surface area contributed by atoms with E-state index in [0.29, 0.717) is 0 Å². The van der Waals surface area contributed by atoms with Crippen LogP contribution < -0.4 is 0 Å². The van der Waals surface area contributed by atoms with Crippen LogP contribution in [0, 0.1) is 0 Å². The molecule has 2 unspecified atom stereocenters. The van der Waals surface area contributed by atoms with Crippen LogP contribution in [0.4, 0.5) is 0 Å². The van der Waals surface area contributed by atoms with Crippen LogP contribution in [0.1, 0.15) is 45.4 Å². The van der Waals surface area contributed by atoms with Gasteiger partial charge in [0.15, 0.2) is 5.06 Å². The van der Waals surface area contributed by atoms with Crippen LogP contribution in [-0.2, 0) is 4.74 Å².